The molecule has 0 heterocycles. The van der Waals surface area contributed by atoms with Gasteiger partial charge in [0.1, 0.15) is 12.3 Å². The van der Waals surface area contributed by atoms with Crippen molar-refractivity contribution >= 4 is 23.7 Å². The SMILES string of the molecule is O=C(CO)CCNC(=O)/C(=C/c1ccccc1)NC(=O)c1ccccc1. The molecule has 0 bridgehead atoms. The first-order valence-corrected chi connectivity index (χ1v) is 8.14. The highest BCUT2D eigenvalue weighted by molar-refractivity contribution is 6.05. The number of Topliss-reactive ketones (excluding diaryl/α,β-unsaturated/α-hetero) is 1. The van der Waals surface area contributed by atoms with E-state index in [0.29, 0.717) is 5.56 Å². The van der Waals surface area contributed by atoms with Gasteiger partial charge in [-0.15, -0.1) is 0 Å². The lowest BCUT2D eigenvalue weighted by atomic mass is 10.1. The Labute approximate surface area is 151 Å². The highest BCUT2D eigenvalue weighted by Crippen LogP contribution is 2.07. The van der Waals surface area contributed by atoms with Crippen LogP contribution in [0.1, 0.15) is 22.3 Å². The average Bonchev–Trinajstić information content (AvgIpc) is 2.68. The molecule has 6 heteroatoms. The molecule has 2 aromatic rings. The first-order valence-electron chi connectivity index (χ1n) is 8.14. The van der Waals surface area contributed by atoms with Crippen LogP contribution in [0.3, 0.4) is 0 Å². The predicted octanol–water partition coefficient (Wildman–Crippen LogP) is 1.53. The lowest BCUT2D eigenvalue weighted by Crippen LogP contribution is -2.36. The van der Waals surface area contributed by atoms with E-state index in [1.54, 1.807) is 48.5 Å². The highest BCUT2D eigenvalue weighted by atomic mass is 16.3. The summed E-state index contributed by atoms with van der Waals surface area (Å²) in [5, 5.41) is 13.9. The largest absolute Gasteiger partial charge is 0.389 e. The van der Waals surface area contributed by atoms with Gasteiger partial charge in [0.2, 0.25) is 0 Å². The third-order valence-electron chi connectivity index (χ3n) is 3.51. The minimum atomic E-state index is -0.562. The van der Waals surface area contributed by atoms with Crippen molar-refractivity contribution in [3.05, 3.63) is 77.5 Å². The van der Waals surface area contributed by atoms with Crippen molar-refractivity contribution in [2.45, 2.75) is 6.42 Å². The van der Waals surface area contributed by atoms with Crippen molar-refractivity contribution in [1.29, 1.82) is 0 Å². The van der Waals surface area contributed by atoms with Crippen LogP contribution in [0.2, 0.25) is 0 Å². The molecule has 0 fully saturated rings. The van der Waals surface area contributed by atoms with Crippen LogP contribution in [0.15, 0.2) is 66.4 Å². The molecule has 3 N–H and O–H groups in total. The van der Waals surface area contributed by atoms with E-state index in [1.807, 2.05) is 18.2 Å². The van der Waals surface area contributed by atoms with E-state index in [1.165, 1.54) is 0 Å². The maximum Gasteiger partial charge on any atom is 0.267 e. The fraction of sp³-hybridized carbons (Fsp3) is 0.150. The van der Waals surface area contributed by atoms with Gasteiger partial charge in [-0.05, 0) is 23.8 Å². The standard InChI is InChI=1S/C20H20N2O4/c23-14-17(24)11-12-21-20(26)18(13-15-7-3-1-4-8-15)22-19(25)16-9-5-2-6-10-16/h1-10,13,23H,11-12,14H2,(H,21,26)(H,22,25)/b18-13-. The van der Waals surface area contributed by atoms with Gasteiger partial charge >= 0.3 is 0 Å². The summed E-state index contributed by atoms with van der Waals surface area (Å²) in [6.45, 7) is -0.487. The van der Waals surface area contributed by atoms with Gasteiger partial charge in [0, 0.05) is 18.5 Å². The fourth-order valence-electron chi connectivity index (χ4n) is 2.15. The molecule has 0 unspecified atom stereocenters. The second-order valence-corrected chi connectivity index (χ2v) is 5.49. The highest BCUT2D eigenvalue weighted by Gasteiger charge is 2.14. The van der Waals surface area contributed by atoms with Crippen molar-refractivity contribution in [3.63, 3.8) is 0 Å². The van der Waals surface area contributed by atoms with Crippen LogP contribution >= 0.6 is 0 Å². The molecule has 0 aliphatic rings. The number of hydrogen-bond donors (Lipinski definition) is 3. The molecule has 0 spiro atoms. The summed E-state index contributed by atoms with van der Waals surface area (Å²) < 4.78 is 0. The molecule has 0 aliphatic carbocycles. The van der Waals surface area contributed by atoms with Gasteiger partial charge in [-0.3, -0.25) is 14.4 Å². The summed E-state index contributed by atoms with van der Waals surface area (Å²) >= 11 is 0. The Morgan fingerprint density at radius 2 is 1.54 bits per heavy atom. The smallest absolute Gasteiger partial charge is 0.267 e. The van der Waals surface area contributed by atoms with Gasteiger partial charge in [0.05, 0.1) is 0 Å². The van der Waals surface area contributed by atoms with Crippen LogP contribution in [-0.2, 0) is 9.59 Å². The molecule has 2 rings (SSSR count). The maximum absolute atomic E-state index is 12.4. The Balaban J connectivity index is 2.14. The molecule has 2 amide bonds. The third-order valence-corrected chi connectivity index (χ3v) is 3.51. The zero-order valence-electron chi connectivity index (χ0n) is 14.1. The number of carbonyl (C=O) groups excluding carboxylic acids is 3. The van der Waals surface area contributed by atoms with Crippen molar-refractivity contribution in [3.8, 4) is 0 Å². The van der Waals surface area contributed by atoms with E-state index in [4.69, 9.17) is 5.11 Å². The van der Waals surface area contributed by atoms with Crippen LogP contribution in [0.4, 0.5) is 0 Å². The number of carbonyl (C=O) groups is 3. The molecule has 2 aromatic carbocycles. The van der Waals surface area contributed by atoms with Crippen molar-refractivity contribution < 1.29 is 19.5 Å². The summed E-state index contributed by atoms with van der Waals surface area (Å²) in [4.78, 5) is 35.9. The number of rotatable bonds is 8. The van der Waals surface area contributed by atoms with Crippen LogP contribution in [0, 0.1) is 0 Å². The fourth-order valence-corrected chi connectivity index (χ4v) is 2.15. The number of aliphatic hydroxyl groups is 1. The number of amides is 2. The Morgan fingerprint density at radius 1 is 0.923 bits per heavy atom. The summed E-state index contributed by atoms with van der Waals surface area (Å²) in [5.41, 5.74) is 1.24. The third kappa shape index (κ3) is 5.99. The molecule has 26 heavy (non-hydrogen) atoms. The zero-order valence-corrected chi connectivity index (χ0v) is 14.1. The number of aliphatic hydroxyl groups excluding tert-OH is 1. The minimum absolute atomic E-state index is 0.0213. The topological polar surface area (TPSA) is 95.5 Å². The molecule has 0 aromatic heterocycles. The van der Waals surface area contributed by atoms with E-state index >= 15 is 0 Å². The molecule has 0 aliphatic heterocycles. The van der Waals surface area contributed by atoms with Gasteiger partial charge in [-0.25, -0.2) is 0 Å². The second kappa shape index (κ2) is 9.90. The number of benzene rings is 2. The van der Waals surface area contributed by atoms with Crippen LogP contribution in [0.5, 0.6) is 0 Å². The molecule has 134 valence electrons. The first kappa shape index (κ1) is 19.1. The molecule has 0 atom stereocenters. The van der Waals surface area contributed by atoms with Gasteiger partial charge in [-0.1, -0.05) is 48.5 Å². The van der Waals surface area contributed by atoms with E-state index < -0.39 is 18.4 Å². The number of ketones is 1. The van der Waals surface area contributed by atoms with Crippen LogP contribution < -0.4 is 10.6 Å². The van der Waals surface area contributed by atoms with Crippen molar-refractivity contribution in [2.75, 3.05) is 13.2 Å². The Bertz CT molecular complexity index is 786. The first-order chi connectivity index (χ1) is 12.6. The predicted molar refractivity (Wildman–Crippen MR) is 98.0 cm³/mol. The van der Waals surface area contributed by atoms with Crippen molar-refractivity contribution in [1.82, 2.24) is 10.6 Å². The summed E-state index contributed by atoms with van der Waals surface area (Å²) in [6, 6.07) is 17.6. The Kier molecular flexibility index (Phi) is 7.27. The molecular formula is C20H20N2O4. The quantitative estimate of drug-likeness (QED) is 0.628. The number of hydrogen-bond acceptors (Lipinski definition) is 4. The van der Waals surface area contributed by atoms with Gasteiger partial charge in [0.15, 0.2) is 5.78 Å². The van der Waals surface area contributed by atoms with Gasteiger partial charge in [-0.2, -0.15) is 0 Å². The van der Waals surface area contributed by atoms with E-state index in [9.17, 15) is 14.4 Å². The Morgan fingerprint density at radius 3 is 2.15 bits per heavy atom. The summed E-state index contributed by atoms with van der Waals surface area (Å²) in [7, 11) is 0. The van der Waals surface area contributed by atoms with Gasteiger partial charge in [0.25, 0.3) is 11.8 Å². The van der Waals surface area contributed by atoms with E-state index in [-0.39, 0.29) is 24.4 Å². The minimum Gasteiger partial charge on any atom is -0.389 e. The van der Waals surface area contributed by atoms with Crippen molar-refractivity contribution in [2.24, 2.45) is 0 Å². The van der Waals surface area contributed by atoms with E-state index in [2.05, 4.69) is 10.6 Å². The van der Waals surface area contributed by atoms with Crippen LogP contribution in [-0.4, -0.2) is 35.9 Å². The van der Waals surface area contributed by atoms with E-state index in [0.717, 1.165) is 5.56 Å². The molecule has 0 saturated carbocycles. The maximum atomic E-state index is 12.4. The molecular weight excluding hydrogens is 332 g/mol. The second-order valence-electron chi connectivity index (χ2n) is 5.49. The Hall–Kier alpha value is -3.25. The monoisotopic (exact) mass is 352 g/mol. The molecule has 0 radical (unpaired) electrons. The number of nitrogens with one attached hydrogen (secondary N) is 2. The van der Waals surface area contributed by atoms with Crippen LogP contribution in [0.25, 0.3) is 6.08 Å². The lowest BCUT2D eigenvalue weighted by Gasteiger charge is -2.11. The molecule has 6 nitrogen and oxygen atoms in total. The average molecular weight is 352 g/mol. The molecule has 0 saturated heterocycles. The zero-order chi connectivity index (χ0) is 18.8. The normalized spacial score (nSPS) is 10.9. The summed E-state index contributed by atoms with van der Waals surface area (Å²) in [6.07, 6.45) is 1.58. The lowest BCUT2D eigenvalue weighted by molar-refractivity contribution is -0.122. The summed E-state index contributed by atoms with van der Waals surface area (Å²) in [5.74, 6) is -1.29. The van der Waals surface area contributed by atoms with Gasteiger partial charge < -0.3 is 15.7 Å².